The standard InChI is InChI=1S/C17H21N3O4/c1-20(2)13-7-5-12(6-8-13)19-16(21)10-15(17(22)23)18-11-14-4-3-9-24-14/h3-9,15,18H,10-11H2,1-2H3,(H,19,21)(H,22,23). The van der Waals surface area contributed by atoms with Crippen molar-refractivity contribution in [3.05, 3.63) is 48.4 Å². The summed E-state index contributed by atoms with van der Waals surface area (Å²) < 4.78 is 5.15. The van der Waals surface area contributed by atoms with E-state index in [4.69, 9.17) is 4.42 Å². The van der Waals surface area contributed by atoms with Crippen LogP contribution in [0.5, 0.6) is 0 Å². The first kappa shape index (κ1) is 17.6. The Kier molecular flexibility index (Phi) is 5.97. The number of furan rings is 1. The Labute approximate surface area is 140 Å². The third-order valence-electron chi connectivity index (χ3n) is 3.56. The van der Waals surface area contributed by atoms with E-state index in [1.54, 1.807) is 24.3 Å². The number of aliphatic carboxylic acids is 1. The van der Waals surface area contributed by atoms with Gasteiger partial charge in [-0.05, 0) is 36.4 Å². The molecule has 0 bridgehead atoms. The highest BCUT2D eigenvalue weighted by Gasteiger charge is 2.19. The molecule has 0 aliphatic rings. The van der Waals surface area contributed by atoms with Gasteiger partial charge in [-0.15, -0.1) is 0 Å². The van der Waals surface area contributed by atoms with Crippen molar-refractivity contribution in [2.24, 2.45) is 0 Å². The van der Waals surface area contributed by atoms with Crippen LogP contribution in [-0.4, -0.2) is 32.0 Å². The number of nitrogens with zero attached hydrogens (tertiary/aromatic N) is 1. The highest BCUT2D eigenvalue weighted by atomic mass is 16.4. The number of carboxylic acid groups (broad SMARTS) is 1. The van der Waals surface area contributed by atoms with Gasteiger partial charge in [-0.2, -0.15) is 0 Å². The lowest BCUT2D eigenvalue weighted by Crippen LogP contribution is -2.92. The largest absolute Gasteiger partial charge is 0.544 e. The predicted octanol–water partition coefficient (Wildman–Crippen LogP) is -0.444. The first-order valence-corrected chi connectivity index (χ1v) is 7.59. The zero-order valence-electron chi connectivity index (χ0n) is 13.7. The molecule has 0 radical (unpaired) electrons. The van der Waals surface area contributed by atoms with Crippen LogP contribution in [0, 0.1) is 0 Å². The van der Waals surface area contributed by atoms with Gasteiger partial charge in [0, 0.05) is 25.5 Å². The fourth-order valence-electron chi connectivity index (χ4n) is 2.20. The van der Waals surface area contributed by atoms with E-state index in [9.17, 15) is 14.7 Å². The summed E-state index contributed by atoms with van der Waals surface area (Å²) in [5.41, 5.74) is 1.63. The number of hydrogen-bond acceptors (Lipinski definition) is 5. The molecule has 128 valence electrons. The van der Waals surface area contributed by atoms with E-state index in [2.05, 4.69) is 5.32 Å². The summed E-state index contributed by atoms with van der Waals surface area (Å²) >= 11 is 0. The van der Waals surface area contributed by atoms with Crippen molar-refractivity contribution in [2.45, 2.75) is 19.0 Å². The molecule has 0 fully saturated rings. The molecule has 2 rings (SSSR count). The Bertz CT molecular complexity index is 666. The molecule has 1 aromatic heterocycles. The number of amides is 1. The maximum atomic E-state index is 12.1. The van der Waals surface area contributed by atoms with Crippen LogP contribution in [0.1, 0.15) is 12.2 Å². The highest BCUT2D eigenvalue weighted by molar-refractivity contribution is 5.93. The molecule has 7 heteroatoms. The van der Waals surface area contributed by atoms with Crippen LogP contribution < -0.4 is 20.6 Å². The number of hydrogen-bond donors (Lipinski definition) is 2. The molecule has 24 heavy (non-hydrogen) atoms. The summed E-state index contributed by atoms with van der Waals surface area (Å²) in [6.45, 7) is 0.330. The molecule has 1 unspecified atom stereocenters. The Morgan fingerprint density at radius 2 is 1.96 bits per heavy atom. The Balaban J connectivity index is 1.88. The van der Waals surface area contributed by atoms with Crippen LogP contribution in [0.15, 0.2) is 47.1 Å². The molecule has 1 atom stereocenters. The molecule has 0 saturated heterocycles. The molecule has 1 heterocycles. The lowest BCUT2D eigenvalue weighted by atomic mass is 10.2. The first-order valence-electron chi connectivity index (χ1n) is 7.59. The third kappa shape index (κ3) is 5.13. The van der Waals surface area contributed by atoms with Crippen LogP contribution in [0.2, 0.25) is 0 Å². The molecule has 1 aromatic carbocycles. The van der Waals surface area contributed by atoms with Gasteiger partial charge in [-0.1, -0.05) is 0 Å². The number of quaternary nitrogens is 1. The zero-order valence-corrected chi connectivity index (χ0v) is 13.7. The van der Waals surface area contributed by atoms with Crippen molar-refractivity contribution < 1.29 is 24.4 Å². The number of carboxylic acids is 1. The Hall–Kier alpha value is -2.80. The average molecular weight is 331 g/mol. The van der Waals surface area contributed by atoms with E-state index in [0.29, 0.717) is 18.0 Å². The minimum absolute atomic E-state index is 0.182. The smallest absolute Gasteiger partial charge is 0.230 e. The molecule has 7 nitrogen and oxygen atoms in total. The van der Waals surface area contributed by atoms with E-state index in [1.165, 1.54) is 11.6 Å². The van der Waals surface area contributed by atoms with Crippen molar-refractivity contribution in [3.8, 4) is 0 Å². The average Bonchev–Trinajstić information content (AvgIpc) is 3.05. The van der Waals surface area contributed by atoms with E-state index >= 15 is 0 Å². The first-order chi connectivity index (χ1) is 11.5. The Morgan fingerprint density at radius 3 is 2.50 bits per heavy atom. The van der Waals surface area contributed by atoms with Gasteiger partial charge in [0.15, 0.2) is 5.76 Å². The lowest BCUT2D eigenvalue weighted by molar-refractivity contribution is -0.698. The molecular weight excluding hydrogens is 310 g/mol. The summed E-state index contributed by atoms with van der Waals surface area (Å²) in [5.74, 6) is -1.02. The molecule has 0 aliphatic heterocycles. The fourth-order valence-corrected chi connectivity index (χ4v) is 2.20. The quantitative estimate of drug-likeness (QED) is 0.682. The van der Waals surface area contributed by atoms with Gasteiger partial charge in [-0.3, -0.25) is 4.79 Å². The third-order valence-corrected chi connectivity index (χ3v) is 3.56. The van der Waals surface area contributed by atoms with E-state index in [1.807, 2.05) is 31.1 Å². The van der Waals surface area contributed by atoms with Gasteiger partial charge in [0.2, 0.25) is 5.91 Å². The van der Waals surface area contributed by atoms with Crippen molar-refractivity contribution in [2.75, 3.05) is 24.3 Å². The maximum absolute atomic E-state index is 12.1. The SMILES string of the molecule is CN(C)c1ccc(NC(=O)CC([NH2+]Cc2ccco2)C(=O)[O-])cc1. The van der Waals surface area contributed by atoms with Gasteiger partial charge in [-0.25, -0.2) is 0 Å². The van der Waals surface area contributed by atoms with Crippen LogP contribution in [0.3, 0.4) is 0 Å². The van der Waals surface area contributed by atoms with Gasteiger partial charge in [0.05, 0.1) is 18.7 Å². The summed E-state index contributed by atoms with van der Waals surface area (Å²) in [5, 5.41) is 15.4. The fraction of sp³-hybridized carbons (Fsp3) is 0.294. The van der Waals surface area contributed by atoms with Crippen molar-refractivity contribution >= 4 is 23.3 Å². The number of carbonyl (C=O) groups is 2. The predicted molar refractivity (Wildman–Crippen MR) is 87.1 cm³/mol. The number of benzene rings is 1. The minimum Gasteiger partial charge on any atom is -0.544 e. The molecule has 0 aliphatic carbocycles. The van der Waals surface area contributed by atoms with Crippen LogP contribution >= 0.6 is 0 Å². The molecular formula is C17H21N3O4. The normalized spacial score (nSPS) is 11.8. The highest BCUT2D eigenvalue weighted by Crippen LogP contribution is 2.15. The topological polar surface area (TPSA) is 102 Å². The van der Waals surface area contributed by atoms with Crippen molar-refractivity contribution in [1.29, 1.82) is 0 Å². The van der Waals surface area contributed by atoms with Crippen molar-refractivity contribution in [1.82, 2.24) is 0 Å². The Morgan fingerprint density at radius 1 is 1.25 bits per heavy atom. The molecule has 0 saturated carbocycles. The number of nitrogens with two attached hydrogens (primary N) is 1. The van der Waals surface area contributed by atoms with Gasteiger partial charge < -0.3 is 29.9 Å². The lowest BCUT2D eigenvalue weighted by Gasteiger charge is -2.16. The molecule has 0 spiro atoms. The van der Waals surface area contributed by atoms with E-state index in [0.717, 1.165) is 5.69 Å². The second-order valence-corrected chi connectivity index (χ2v) is 5.64. The number of carbonyl (C=O) groups excluding carboxylic acids is 2. The number of nitrogens with one attached hydrogen (secondary N) is 1. The zero-order chi connectivity index (χ0) is 17.5. The van der Waals surface area contributed by atoms with Crippen LogP contribution in [-0.2, 0) is 16.1 Å². The second kappa shape index (κ2) is 8.16. The molecule has 2 aromatic rings. The summed E-state index contributed by atoms with van der Waals surface area (Å²) in [4.78, 5) is 25.2. The summed E-state index contributed by atoms with van der Waals surface area (Å²) in [7, 11) is 3.85. The maximum Gasteiger partial charge on any atom is 0.230 e. The van der Waals surface area contributed by atoms with Gasteiger partial charge in [0.25, 0.3) is 0 Å². The molecule has 1 amide bonds. The summed E-state index contributed by atoms with van der Waals surface area (Å²) in [6.07, 6.45) is 1.33. The monoisotopic (exact) mass is 331 g/mol. The minimum atomic E-state index is -1.28. The second-order valence-electron chi connectivity index (χ2n) is 5.64. The van der Waals surface area contributed by atoms with Crippen LogP contribution in [0.4, 0.5) is 11.4 Å². The van der Waals surface area contributed by atoms with Crippen LogP contribution in [0.25, 0.3) is 0 Å². The van der Waals surface area contributed by atoms with Gasteiger partial charge >= 0.3 is 0 Å². The van der Waals surface area contributed by atoms with Gasteiger partial charge in [0.1, 0.15) is 12.6 Å². The van der Waals surface area contributed by atoms with E-state index in [-0.39, 0.29) is 12.3 Å². The molecule has 3 N–H and O–H groups in total. The number of rotatable bonds is 8. The number of anilines is 2. The van der Waals surface area contributed by atoms with Crippen molar-refractivity contribution in [3.63, 3.8) is 0 Å². The van der Waals surface area contributed by atoms with E-state index < -0.39 is 12.0 Å². The summed E-state index contributed by atoms with van der Waals surface area (Å²) in [6, 6.07) is 9.78.